The maximum atomic E-state index is 14.5. The Morgan fingerprint density at radius 3 is 2.56 bits per heavy atom. The van der Waals surface area contributed by atoms with Crippen LogP contribution in [0, 0.1) is 23.6 Å². The molecule has 1 amide bonds. The first-order valence-electron chi connectivity index (χ1n) is 12.4. The largest absolute Gasteiger partial charge is 0.493 e. The second-order valence-corrected chi connectivity index (χ2v) is 9.75. The average molecular weight is 489 g/mol. The van der Waals surface area contributed by atoms with Crippen LogP contribution in [-0.2, 0) is 11.2 Å². The third-order valence-electron chi connectivity index (χ3n) is 7.25. The van der Waals surface area contributed by atoms with Gasteiger partial charge in [-0.25, -0.2) is 14.4 Å². The fraction of sp³-hybridized carbons (Fsp3) is 0.577. The Hall–Kier alpha value is -2.41. The molecule has 2 heterocycles. The van der Waals surface area contributed by atoms with Crippen molar-refractivity contribution in [3.05, 3.63) is 47.0 Å². The number of rotatable bonds is 10. The summed E-state index contributed by atoms with van der Waals surface area (Å²) in [5.41, 5.74) is 0.418. The lowest BCUT2D eigenvalue weighted by molar-refractivity contribution is -0.130. The average Bonchev–Trinajstić information content (AvgIpc) is 3.62. The number of anilines is 1. The number of nitrogens with zero attached hydrogens (tertiary/aromatic N) is 4. The number of amides is 1. The van der Waals surface area contributed by atoms with Crippen molar-refractivity contribution in [3.63, 3.8) is 0 Å². The van der Waals surface area contributed by atoms with Crippen molar-refractivity contribution < 1.29 is 13.9 Å². The third-order valence-corrected chi connectivity index (χ3v) is 7.45. The monoisotopic (exact) mass is 488 g/mol. The van der Waals surface area contributed by atoms with E-state index in [2.05, 4.69) is 14.9 Å². The van der Waals surface area contributed by atoms with E-state index in [0.717, 1.165) is 50.1 Å². The van der Waals surface area contributed by atoms with Gasteiger partial charge in [-0.1, -0.05) is 17.7 Å². The Kier molecular flexibility index (Phi) is 8.24. The normalized spacial score (nSPS) is 20.3. The predicted molar refractivity (Wildman–Crippen MR) is 132 cm³/mol. The lowest BCUT2D eigenvalue weighted by Crippen LogP contribution is -2.35. The quantitative estimate of drug-likeness (QED) is 0.471. The molecule has 6 nitrogen and oxygen atoms in total. The van der Waals surface area contributed by atoms with Gasteiger partial charge >= 0.3 is 0 Å². The maximum absolute atomic E-state index is 14.5. The van der Waals surface area contributed by atoms with Crippen molar-refractivity contribution in [3.8, 4) is 5.75 Å². The molecule has 1 aromatic heterocycles. The highest BCUT2D eigenvalue weighted by molar-refractivity contribution is 6.30. The number of halogens is 2. The van der Waals surface area contributed by atoms with Crippen LogP contribution in [-0.4, -0.2) is 53.6 Å². The summed E-state index contributed by atoms with van der Waals surface area (Å²) in [6.07, 6.45) is 7.96. The third kappa shape index (κ3) is 6.17. The van der Waals surface area contributed by atoms with E-state index >= 15 is 0 Å². The molecular weight excluding hydrogens is 455 g/mol. The van der Waals surface area contributed by atoms with Crippen LogP contribution in [0.1, 0.15) is 45.1 Å². The summed E-state index contributed by atoms with van der Waals surface area (Å²) >= 11 is 5.89. The second kappa shape index (κ2) is 11.3. The van der Waals surface area contributed by atoms with Gasteiger partial charge in [0.15, 0.2) is 0 Å². The Labute approximate surface area is 206 Å². The van der Waals surface area contributed by atoms with E-state index in [-0.39, 0.29) is 18.1 Å². The molecule has 1 saturated carbocycles. The lowest BCUT2D eigenvalue weighted by Gasteiger charge is -2.32. The maximum Gasteiger partial charge on any atom is 0.227 e. The van der Waals surface area contributed by atoms with E-state index in [1.54, 1.807) is 29.4 Å². The zero-order chi connectivity index (χ0) is 24.1. The number of hydrogen-bond acceptors (Lipinski definition) is 5. The highest BCUT2D eigenvalue weighted by atomic mass is 35.5. The van der Waals surface area contributed by atoms with Gasteiger partial charge in [-0.2, -0.15) is 0 Å². The van der Waals surface area contributed by atoms with Crippen LogP contribution in [0.5, 0.6) is 5.75 Å². The van der Waals surface area contributed by atoms with Gasteiger partial charge in [0.2, 0.25) is 11.9 Å². The topological polar surface area (TPSA) is 58.6 Å². The minimum atomic E-state index is -0.376. The van der Waals surface area contributed by atoms with Crippen LogP contribution in [0.3, 0.4) is 0 Å². The standard InChI is InChI=1S/C26H34ClFN4O2/c1-3-31(4-2)25(33)14-20-5-6-22(15-24(20)28)34-12-9-19-13-23(19)18-7-10-32(11-8-18)26-29-16-21(27)17-30-26/h5-6,15-19,23H,3-4,7-14H2,1-2H3. The lowest BCUT2D eigenvalue weighted by atomic mass is 9.90. The Bertz CT molecular complexity index is 962. The number of piperidine rings is 1. The van der Waals surface area contributed by atoms with Crippen LogP contribution in [0.25, 0.3) is 0 Å². The molecule has 2 fully saturated rings. The van der Waals surface area contributed by atoms with Crippen molar-refractivity contribution in [2.75, 3.05) is 37.7 Å². The number of hydrogen-bond donors (Lipinski definition) is 0. The number of ether oxygens (including phenoxy) is 1. The molecule has 0 spiro atoms. The Balaban J connectivity index is 1.17. The van der Waals surface area contributed by atoms with E-state index in [1.807, 2.05) is 13.8 Å². The number of carbonyl (C=O) groups excluding carboxylic acids is 1. The van der Waals surface area contributed by atoms with Crippen molar-refractivity contribution in [1.29, 1.82) is 0 Å². The van der Waals surface area contributed by atoms with Crippen LogP contribution in [0.4, 0.5) is 10.3 Å². The first-order valence-corrected chi connectivity index (χ1v) is 12.8. The summed E-state index contributed by atoms with van der Waals surface area (Å²) in [6, 6.07) is 4.85. The summed E-state index contributed by atoms with van der Waals surface area (Å²) in [5.74, 6) is 3.07. The zero-order valence-corrected chi connectivity index (χ0v) is 20.8. The molecule has 8 heteroatoms. The summed E-state index contributed by atoms with van der Waals surface area (Å²) in [6.45, 7) is 7.68. The predicted octanol–water partition coefficient (Wildman–Crippen LogP) is 5.00. The minimum Gasteiger partial charge on any atom is -0.493 e. The van der Waals surface area contributed by atoms with Crippen molar-refractivity contribution in [2.45, 2.75) is 46.0 Å². The summed E-state index contributed by atoms with van der Waals surface area (Å²) in [4.78, 5) is 24.9. The van der Waals surface area contributed by atoms with E-state index in [0.29, 0.717) is 41.9 Å². The van der Waals surface area contributed by atoms with Crippen molar-refractivity contribution >= 4 is 23.5 Å². The number of carbonyl (C=O) groups is 1. The van der Waals surface area contributed by atoms with Crippen LogP contribution >= 0.6 is 11.6 Å². The smallest absolute Gasteiger partial charge is 0.227 e. The highest BCUT2D eigenvalue weighted by Gasteiger charge is 2.43. The van der Waals surface area contributed by atoms with E-state index < -0.39 is 0 Å². The SMILES string of the molecule is CCN(CC)C(=O)Cc1ccc(OCCC2CC2C2CCN(c3ncc(Cl)cn3)CC2)cc1F. The molecule has 2 aliphatic rings. The fourth-order valence-corrected chi connectivity index (χ4v) is 5.21. The Morgan fingerprint density at radius 1 is 1.21 bits per heavy atom. The molecule has 1 aromatic carbocycles. The number of likely N-dealkylation sites (N-methyl/N-ethyl adjacent to an activating group) is 1. The molecular formula is C26H34ClFN4O2. The summed E-state index contributed by atoms with van der Waals surface area (Å²) in [7, 11) is 0. The molecule has 184 valence electrons. The molecule has 0 N–H and O–H groups in total. The molecule has 2 aromatic rings. The highest BCUT2D eigenvalue weighted by Crippen LogP contribution is 2.49. The molecule has 1 saturated heterocycles. The molecule has 0 bridgehead atoms. The van der Waals surface area contributed by atoms with Gasteiger partial charge in [0.25, 0.3) is 0 Å². The van der Waals surface area contributed by atoms with Gasteiger partial charge in [-0.3, -0.25) is 4.79 Å². The van der Waals surface area contributed by atoms with Gasteiger partial charge in [0.05, 0.1) is 30.4 Å². The Morgan fingerprint density at radius 2 is 1.91 bits per heavy atom. The summed E-state index contributed by atoms with van der Waals surface area (Å²) < 4.78 is 20.3. The van der Waals surface area contributed by atoms with Gasteiger partial charge in [-0.05, 0) is 68.9 Å². The fourth-order valence-electron chi connectivity index (χ4n) is 5.12. The summed E-state index contributed by atoms with van der Waals surface area (Å²) in [5, 5.41) is 0.561. The number of benzene rings is 1. The van der Waals surface area contributed by atoms with Crippen LogP contribution < -0.4 is 9.64 Å². The molecule has 34 heavy (non-hydrogen) atoms. The number of aromatic nitrogens is 2. The second-order valence-electron chi connectivity index (χ2n) is 9.32. The molecule has 1 aliphatic heterocycles. The van der Waals surface area contributed by atoms with Gasteiger partial charge in [0.1, 0.15) is 11.6 Å². The van der Waals surface area contributed by atoms with Gasteiger partial charge in [0, 0.05) is 32.2 Å². The molecule has 2 unspecified atom stereocenters. The molecule has 2 atom stereocenters. The first kappa shape index (κ1) is 24.7. The molecule has 0 radical (unpaired) electrons. The van der Waals surface area contributed by atoms with Gasteiger partial charge in [-0.15, -0.1) is 0 Å². The minimum absolute atomic E-state index is 0.0520. The van der Waals surface area contributed by atoms with E-state index in [9.17, 15) is 9.18 Å². The van der Waals surface area contributed by atoms with Crippen molar-refractivity contribution in [1.82, 2.24) is 14.9 Å². The van der Waals surface area contributed by atoms with Crippen molar-refractivity contribution in [2.24, 2.45) is 17.8 Å². The van der Waals surface area contributed by atoms with Gasteiger partial charge < -0.3 is 14.5 Å². The first-order chi connectivity index (χ1) is 16.5. The van der Waals surface area contributed by atoms with E-state index in [1.165, 1.54) is 12.5 Å². The zero-order valence-electron chi connectivity index (χ0n) is 20.1. The van der Waals surface area contributed by atoms with E-state index in [4.69, 9.17) is 16.3 Å². The molecule has 1 aliphatic carbocycles. The van der Waals surface area contributed by atoms with Crippen LogP contribution in [0.2, 0.25) is 5.02 Å². The molecule has 4 rings (SSSR count). The van der Waals surface area contributed by atoms with Crippen LogP contribution in [0.15, 0.2) is 30.6 Å².